The molecule has 0 N–H and O–H groups in total. The number of carbonyl (C=O) groups is 2. The maximum absolute atomic E-state index is 12.7. The van der Waals surface area contributed by atoms with Crippen LogP contribution in [0.25, 0.3) is 0 Å². The summed E-state index contributed by atoms with van der Waals surface area (Å²) in [5.41, 5.74) is -4.98. The van der Waals surface area contributed by atoms with Gasteiger partial charge in [-0.1, -0.05) is 5.57 Å². The summed E-state index contributed by atoms with van der Waals surface area (Å²) in [7, 11) is 0. The minimum absolute atomic E-state index is 0.201. The first-order valence-electron chi connectivity index (χ1n) is 6.08. The number of allylic oxidation sites excluding steroid dienone is 2. The van der Waals surface area contributed by atoms with Gasteiger partial charge in [0.05, 0.1) is 0 Å². The van der Waals surface area contributed by atoms with Gasteiger partial charge in [0.15, 0.2) is 10.5 Å². The molecule has 0 radical (unpaired) electrons. The average molecular weight is 310 g/mol. The third-order valence-corrected chi connectivity index (χ3v) is 3.82. The van der Waals surface area contributed by atoms with E-state index in [2.05, 4.69) is 0 Å². The Hall–Kier alpha value is -0.980. The molecule has 1 rings (SSSR count). The van der Waals surface area contributed by atoms with Gasteiger partial charge >= 0.3 is 11.5 Å². The number of rotatable bonds is 2. The number of alkyl halides is 3. The maximum atomic E-state index is 12.7. The van der Waals surface area contributed by atoms with Gasteiger partial charge in [-0.3, -0.25) is 9.59 Å². The predicted octanol–water partition coefficient (Wildman–Crippen LogP) is 3.63. The minimum Gasteiger partial charge on any atom is -0.459 e. The molecule has 0 aromatic carbocycles. The highest BCUT2D eigenvalue weighted by atomic mass is 32.2. The lowest BCUT2D eigenvalue weighted by Gasteiger charge is -2.34. The molecule has 7 heteroatoms. The van der Waals surface area contributed by atoms with Gasteiger partial charge in [-0.15, -0.1) is 0 Å². The Bertz CT molecular complexity index is 449. The predicted molar refractivity (Wildman–Crippen MR) is 70.2 cm³/mol. The van der Waals surface area contributed by atoms with Crippen LogP contribution in [0.1, 0.15) is 40.5 Å². The molecule has 0 aliphatic heterocycles. The van der Waals surface area contributed by atoms with E-state index in [1.54, 1.807) is 27.7 Å². The van der Waals surface area contributed by atoms with Crippen molar-refractivity contribution >= 4 is 23.5 Å². The molecule has 0 fully saturated rings. The molecule has 0 saturated carbocycles. The molecular weight excluding hydrogens is 293 g/mol. The van der Waals surface area contributed by atoms with E-state index in [-0.39, 0.29) is 12.8 Å². The molecule has 3 nitrogen and oxygen atoms in total. The summed E-state index contributed by atoms with van der Waals surface area (Å²) in [4.78, 5) is 24.2. The molecule has 0 saturated heterocycles. The summed E-state index contributed by atoms with van der Waals surface area (Å²) in [6, 6.07) is 0. The molecule has 0 heterocycles. The summed E-state index contributed by atoms with van der Waals surface area (Å²) in [6.07, 6.45) is 1.16. The van der Waals surface area contributed by atoms with Crippen LogP contribution in [0.4, 0.5) is 13.2 Å². The van der Waals surface area contributed by atoms with E-state index < -0.39 is 39.4 Å². The molecule has 0 amide bonds. The molecule has 0 spiro atoms. The second-order valence-electron chi connectivity index (χ2n) is 5.73. The number of halogens is 3. The van der Waals surface area contributed by atoms with Crippen molar-refractivity contribution in [2.75, 3.05) is 0 Å². The van der Waals surface area contributed by atoms with Crippen molar-refractivity contribution in [2.24, 2.45) is 0 Å². The van der Waals surface area contributed by atoms with E-state index in [0.29, 0.717) is 5.57 Å². The second kappa shape index (κ2) is 5.42. The van der Waals surface area contributed by atoms with E-state index in [4.69, 9.17) is 4.74 Å². The van der Waals surface area contributed by atoms with Crippen molar-refractivity contribution in [2.45, 2.75) is 56.4 Å². The third-order valence-electron chi connectivity index (χ3n) is 2.67. The number of hydrogen-bond acceptors (Lipinski definition) is 4. The standard InChI is InChI=1S/C13H17F3O3S/c1-8-5-6-12(9(17)7-8,20-13(14,15)16)10(18)19-11(2,3)4/h7H,5-6H2,1-4H3/t12-/m1/s1. The SMILES string of the molecule is CC1=CC(=O)[C@@](SC(F)(F)F)(C(=O)OC(C)(C)C)CC1. The highest BCUT2D eigenvalue weighted by molar-refractivity contribution is 8.03. The van der Waals surface area contributed by atoms with Gasteiger partial charge in [0.1, 0.15) is 5.60 Å². The highest BCUT2D eigenvalue weighted by Gasteiger charge is 2.55. The van der Waals surface area contributed by atoms with Crippen LogP contribution < -0.4 is 0 Å². The summed E-state index contributed by atoms with van der Waals surface area (Å²) in [6.45, 7) is 6.29. The largest absolute Gasteiger partial charge is 0.459 e. The lowest BCUT2D eigenvalue weighted by molar-refractivity contribution is -0.160. The van der Waals surface area contributed by atoms with Crippen LogP contribution in [0.15, 0.2) is 11.6 Å². The van der Waals surface area contributed by atoms with Crippen molar-refractivity contribution in [3.63, 3.8) is 0 Å². The molecule has 0 bridgehead atoms. The molecule has 114 valence electrons. The van der Waals surface area contributed by atoms with Crippen LogP contribution in [0.3, 0.4) is 0 Å². The molecular formula is C13H17F3O3S. The van der Waals surface area contributed by atoms with Crippen molar-refractivity contribution in [1.82, 2.24) is 0 Å². The number of ether oxygens (including phenoxy) is 1. The van der Waals surface area contributed by atoms with Gasteiger partial charge in [0, 0.05) is 0 Å². The van der Waals surface area contributed by atoms with E-state index in [1.165, 1.54) is 0 Å². The van der Waals surface area contributed by atoms with Gasteiger partial charge in [-0.05, 0) is 58.4 Å². The molecule has 1 aliphatic rings. The van der Waals surface area contributed by atoms with Gasteiger partial charge in [-0.25, -0.2) is 0 Å². The summed E-state index contributed by atoms with van der Waals surface area (Å²) >= 11 is -0.585. The minimum atomic E-state index is -4.69. The van der Waals surface area contributed by atoms with E-state index in [9.17, 15) is 22.8 Å². The van der Waals surface area contributed by atoms with Gasteiger partial charge in [0.2, 0.25) is 0 Å². The van der Waals surface area contributed by atoms with Crippen LogP contribution in [0.2, 0.25) is 0 Å². The highest BCUT2D eigenvalue weighted by Crippen LogP contribution is 2.47. The zero-order chi connectivity index (χ0) is 15.8. The van der Waals surface area contributed by atoms with Crippen LogP contribution in [0, 0.1) is 0 Å². The number of carbonyl (C=O) groups excluding carboxylic acids is 2. The number of ketones is 1. The zero-order valence-electron chi connectivity index (χ0n) is 11.8. The number of hydrogen-bond donors (Lipinski definition) is 0. The average Bonchev–Trinajstić information content (AvgIpc) is 2.18. The van der Waals surface area contributed by atoms with Gasteiger partial charge in [-0.2, -0.15) is 13.2 Å². The Labute approximate surface area is 119 Å². The first kappa shape index (κ1) is 17.1. The summed E-state index contributed by atoms with van der Waals surface area (Å²) in [5, 5.41) is 0. The van der Waals surface area contributed by atoms with Crippen molar-refractivity contribution < 1.29 is 27.5 Å². The van der Waals surface area contributed by atoms with Crippen molar-refractivity contribution in [1.29, 1.82) is 0 Å². The molecule has 0 unspecified atom stereocenters. The van der Waals surface area contributed by atoms with Crippen molar-refractivity contribution in [3.8, 4) is 0 Å². The van der Waals surface area contributed by atoms with E-state index >= 15 is 0 Å². The number of esters is 1. The quantitative estimate of drug-likeness (QED) is 0.577. The van der Waals surface area contributed by atoms with Crippen LogP contribution >= 0.6 is 11.8 Å². The van der Waals surface area contributed by atoms with Crippen LogP contribution in [0.5, 0.6) is 0 Å². The Morgan fingerprint density at radius 2 is 1.90 bits per heavy atom. The van der Waals surface area contributed by atoms with Crippen molar-refractivity contribution in [3.05, 3.63) is 11.6 Å². The Morgan fingerprint density at radius 3 is 2.30 bits per heavy atom. The van der Waals surface area contributed by atoms with Gasteiger partial charge < -0.3 is 4.74 Å². The zero-order valence-corrected chi connectivity index (χ0v) is 12.6. The second-order valence-corrected chi connectivity index (χ2v) is 7.10. The fraction of sp³-hybridized carbons (Fsp3) is 0.692. The molecule has 1 aliphatic carbocycles. The van der Waals surface area contributed by atoms with Crippen LogP contribution in [-0.2, 0) is 14.3 Å². The monoisotopic (exact) mass is 310 g/mol. The van der Waals surface area contributed by atoms with E-state index in [0.717, 1.165) is 6.08 Å². The smallest absolute Gasteiger partial charge is 0.443 e. The molecule has 1 atom stereocenters. The van der Waals surface area contributed by atoms with Crippen LogP contribution in [-0.4, -0.2) is 27.6 Å². The summed E-state index contributed by atoms with van der Waals surface area (Å²) < 4.78 is 41.0. The Morgan fingerprint density at radius 1 is 1.35 bits per heavy atom. The Kier molecular flexibility index (Phi) is 4.63. The number of thioether (sulfide) groups is 1. The Balaban J connectivity index is 3.16. The third kappa shape index (κ3) is 4.26. The summed E-state index contributed by atoms with van der Waals surface area (Å²) in [5.74, 6) is -1.97. The molecule has 20 heavy (non-hydrogen) atoms. The molecule has 0 aromatic heterocycles. The first-order valence-corrected chi connectivity index (χ1v) is 6.89. The first-order chi connectivity index (χ1) is 8.86. The lowest BCUT2D eigenvalue weighted by Crippen LogP contribution is -2.49. The topological polar surface area (TPSA) is 43.4 Å². The lowest BCUT2D eigenvalue weighted by atomic mass is 9.88. The fourth-order valence-corrected chi connectivity index (χ4v) is 2.70. The van der Waals surface area contributed by atoms with E-state index in [1.807, 2.05) is 0 Å². The fourth-order valence-electron chi connectivity index (χ4n) is 1.81. The van der Waals surface area contributed by atoms with Gasteiger partial charge in [0.25, 0.3) is 0 Å². The molecule has 0 aromatic rings. The normalized spacial score (nSPS) is 24.4. The maximum Gasteiger partial charge on any atom is 0.443 e.